The number of nitrogens with zero attached hydrogens (tertiary/aromatic N) is 3. The predicted molar refractivity (Wildman–Crippen MR) is 75.3 cm³/mol. The van der Waals surface area contributed by atoms with Crippen molar-refractivity contribution in [2.45, 2.75) is 32.6 Å². The summed E-state index contributed by atoms with van der Waals surface area (Å²) >= 11 is 0. The Balaban J connectivity index is 1.96. The molecule has 0 fully saturated rings. The van der Waals surface area contributed by atoms with Crippen LogP contribution in [-0.4, -0.2) is 28.0 Å². The number of hydrogen-bond donors (Lipinski definition) is 3. The second-order valence-electron chi connectivity index (χ2n) is 5.57. The third-order valence-corrected chi connectivity index (χ3v) is 3.89. The van der Waals surface area contributed by atoms with E-state index in [4.69, 9.17) is 5.11 Å². The average molecular weight is 277 g/mol. The Bertz CT molecular complexity index is 559. The summed E-state index contributed by atoms with van der Waals surface area (Å²) in [4.78, 5) is 0. The van der Waals surface area contributed by atoms with Gasteiger partial charge in [0.2, 0.25) is 0 Å². The molecule has 1 aliphatic carbocycles. The van der Waals surface area contributed by atoms with Gasteiger partial charge in [-0.15, -0.1) is 10.3 Å². The van der Waals surface area contributed by atoms with Crippen LogP contribution in [0.25, 0.3) is 0 Å². The zero-order chi connectivity index (χ0) is 14.3. The maximum absolute atomic E-state index is 10.2. The first kappa shape index (κ1) is 13.4. The van der Waals surface area contributed by atoms with Crippen molar-refractivity contribution in [3.05, 3.63) is 23.3 Å². The number of aliphatic hydroxyl groups is 1. The molecule has 0 amide bonds. The largest absolute Gasteiger partial charge is 0.396 e. The number of amidine groups is 1. The molecular formula is C14H19N3O3. The van der Waals surface area contributed by atoms with E-state index in [1.165, 1.54) is 11.1 Å². The van der Waals surface area contributed by atoms with Gasteiger partial charge >= 0.3 is 0 Å². The van der Waals surface area contributed by atoms with E-state index < -0.39 is 0 Å². The number of hydroxylamine groups is 1. The molecular weight excluding hydrogens is 258 g/mol. The summed E-state index contributed by atoms with van der Waals surface area (Å²) in [5, 5.41) is 34.9. The molecule has 1 unspecified atom stereocenters. The van der Waals surface area contributed by atoms with Crippen LogP contribution in [0.1, 0.15) is 30.9 Å². The summed E-state index contributed by atoms with van der Waals surface area (Å²) in [6.07, 6.45) is 2.87. The van der Waals surface area contributed by atoms with Gasteiger partial charge in [-0.2, -0.15) is 0 Å². The minimum absolute atomic E-state index is 0.0207. The third kappa shape index (κ3) is 2.15. The Morgan fingerprint density at radius 3 is 2.50 bits per heavy atom. The molecule has 0 radical (unpaired) electrons. The molecule has 1 aromatic carbocycles. The van der Waals surface area contributed by atoms with Crippen molar-refractivity contribution >= 4 is 17.2 Å². The van der Waals surface area contributed by atoms with Gasteiger partial charge in [-0.05, 0) is 48.4 Å². The summed E-state index contributed by atoms with van der Waals surface area (Å²) in [5.74, 6) is 0.919. The topological polar surface area (TPSA) is 79.5 Å². The van der Waals surface area contributed by atoms with E-state index in [0.717, 1.165) is 23.1 Å². The van der Waals surface area contributed by atoms with Gasteiger partial charge in [0.1, 0.15) is 5.69 Å². The number of hydrazone groups is 1. The Labute approximate surface area is 117 Å². The third-order valence-electron chi connectivity index (χ3n) is 3.89. The Kier molecular flexibility index (Phi) is 3.37. The highest BCUT2D eigenvalue weighted by Gasteiger charge is 2.28. The number of hydrogen-bond acceptors (Lipinski definition) is 6. The minimum Gasteiger partial charge on any atom is -0.396 e. The zero-order valence-corrected chi connectivity index (χ0v) is 11.5. The molecule has 0 saturated heterocycles. The normalized spacial score (nSPS) is 20.8. The standard InChI is InChI=1S/C14H19N3O3/c1-9-5-10-7-12-13(8-11(10)6-9)17(20)15-14(16(12)19)3-2-4-18/h7-9,18-20H,2-6H2,1H3. The molecule has 1 aliphatic heterocycles. The summed E-state index contributed by atoms with van der Waals surface area (Å²) in [7, 11) is 0. The molecule has 0 spiro atoms. The number of aliphatic hydroxyl groups excluding tert-OH is 1. The van der Waals surface area contributed by atoms with Crippen molar-refractivity contribution < 1.29 is 15.5 Å². The van der Waals surface area contributed by atoms with Gasteiger partial charge in [-0.1, -0.05) is 6.92 Å². The van der Waals surface area contributed by atoms with Crippen LogP contribution in [0.5, 0.6) is 0 Å². The first-order valence-corrected chi connectivity index (χ1v) is 6.92. The lowest BCUT2D eigenvalue weighted by Crippen LogP contribution is -2.35. The SMILES string of the molecule is CC1Cc2cc3c(cc2C1)N(O)C(CCCO)=NN3O. The van der Waals surface area contributed by atoms with Crippen LogP contribution in [0.3, 0.4) is 0 Å². The van der Waals surface area contributed by atoms with Gasteiger partial charge in [0.25, 0.3) is 0 Å². The summed E-state index contributed by atoms with van der Waals surface area (Å²) in [6, 6.07) is 3.81. The monoisotopic (exact) mass is 277 g/mol. The molecule has 1 atom stereocenters. The molecule has 0 saturated carbocycles. The molecule has 20 heavy (non-hydrogen) atoms. The first-order chi connectivity index (χ1) is 9.60. The van der Waals surface area contributed by atoms with Gasteiger partial charge in [0.05, 0.1) is 5.69 Å². The molecule has 1 heterocycles. The van der Waals surface area contributed by atoms with Crippen LogP contribution in [0, 0.1) is 5.92 Å². The number of rotatable bonds is 3. The van der Waals surface area contributed by atoms with Crippen molar-refractivity contribution in [1.29, 1.82) is 0 Å². The van der Waals surface area contributed by atoms with Gasteiger partial charge in [-0.25, -0.2) is 5.06 Å². The molecule has 0 bridgehead atoms. The van der Waals surface area contributed by atoms with E-state index >= 15 is 0 Å². The molecule has 1 aromatic rings. The predicted octanol–water partition coefficient (Wildman–Crippen LogP) is 1.91. The lowest BCUT2D eigenvalue weighted by molar-refractivity contribution is 0.242. The van der Waals surface area contributed by atoms with Crippen LogP contribution in [0.15, 0.2) is 17.2 Å². The fourth-order valence-corrected chi connectivity index (χ4v) is 2.93. The highest BCUT2D eigenvalue weighted by atomic mass is 16.5. The van der Waals surface area contributed by atoms with E-state index in [2.05, 4.69) is 12.0 Å². The number of anilines is 2. The summed E-state index contributed by atoms with van der Waals surface area (Å²) in [6.45, 7) is 2.21. The van der Waals surface area contributed by atoms with E-state index in [-0.39, 0.29) is 6.61 Å². The van der Waals surface area contributed by atoms with Gasteiger partial charge in [-0.3, -0.25) is 10.4 Å². The molecule has 2 aliphatic rings. The smallest absolute Gasteiger partial charge is 0.157 e. The van der Waals surface area contributed by atoms with Crippen molar-refractivity contribution in [1.82, 2.24) is 0 Å². The maximum Gasteiger partial charge on any atom is 0.157 e. The number of benzene rings is 1. The molecule has 6 heteroatoms. The van der Waals surface area contributed by atoms with Crippen LogP contribution in [-0.2, 0) is 12.8 Å². The quantitative estimate of drug-likeness (QED) is 0.786. The Morgan fingerprint density at radius 1 is 1.20 bits per heavy atom. The van der Waals surface area contributed by atoms with Crippen molar-refractivity contribution in [3.63, 3.8) is 0 Å². The van der Waals surface area contributed by atoms with E-state index in [1.54, 1.807) is 0 Å². The van der Waals surface area contributed by atoms with Crippen molar-refractivity contribution in [3.8, 4) is 0 Å². The average Bonchev–Trinajstić information content (AvgIpc) is 2.78. The second-order valence-corrected chi connectivity index (χ2v) is 5.57. The molecule has 0 aromatic heterocycles. The van der Waals surface area contributed by atoms with Crippen LogP contribution in [0.2, 0.25) is 0 Å². The van der Waals surface area contributed by atoms with Crippen LogP contribution < -0.4 is 10.2 Å². The van der Waals surface area contributed by atoms with Crippen molar-refractivity contribution in [2.24, 2.45) is 11.0 Å². The fraction of sp³-hybridized carbons (Fsp3) is 0.500. The maximum atomic E-state index is 10.2. The lowest BCUT2D eigenvalue weighted by atomic mass is 10.1. The van der Waals surface area contributed by atoms with Gasteiger partial charge < -0.3 is 5.11 Å². The molecule has 6 nitrogen and oxygen atoms in total. The Morgan fingerprint density at radius 2 is 1.85 bits per heavy atom. The molecule has 3 rings (SSSR count). The van der Waals surface area contributed by atoms with Gasteiger partial charge in [0, 0.05) is 13.0 Å². The second kappa shape index (κ2) is 5.05. The highest BCUT2D eigenvalue weighted by molar-refractivity contribution is 6.01. The highest BCUT2D eigenvalue weighted by Crippen LogP contribution is 2.39. The molecule has 108 valence electrons. The summed E-state index contributed by atoms with van der Waals surface area (Å²) in [5.41, 5.74) is 3.46. The lowest BCUT2D eigenvalue weighted by Gasteiger charge is -2.29. The Hall–Kier alpha value is -1.63. The fourth-order valence-electron chi connectivity index (χ4n) is 2.93. The number of fused-ring (bicyclic) bond motifs is 2. The van der Waals surface area contributed by atoms with Crippen LogP contribution in [0.4, 0.5) is 11.4 Å². The molecule has 3 N–H and O–H groups in total. The van der Waals surface area contributed by atoms with Gasteiger partial charge in [0.15, 0.2) is 5.84 Å². The zero-order valence-electron chi connectivity index (χ0n) is 11.5. The van der Waals surface area contributed by atoms with E-state index in [9.17, 15) is 10.4 Å². The van der Waals surface area contributed by atoms with E-state index in [0.29, 0.717) is 36.0 Å². The first-order valence-electron chi connectivity index (χ1n) is 6.92. The summed E-state index contributed by atoms with van der Waals surface area (Å²) < 4.78 is 0. The minimum atomic E-state index is 0.0207. The van der Waals surface area contributed by atoms with Crippen molar-refractivity contribution in [2.75, 3.05) is 16.8 Å². The van der Waals surface area contributed by atoms with E-state index in [1.807, 2.05) is 12.1 Å². The van der Waals surface area contributed by atoms with Crippen LogP contribution >= 0.6 is 0 Å².